The number of ether oxygens (including phenoxy) is 1. The van der Waals surface area contributed by atoms with E-state index in [1.54, 1.807) is 12.1 Å². The summed E-state index contributed by atoms with van der Waals surface area (Å²) in [4.78, 5) is 28.1. The lowest BCUT2D eigenvalue weighted by atomic mass is 10.1. The number of hydrogen-bond acceptors (Lipinski definition) is 5. The van der Waals surface area contributed by atoms with E-state index in [-0.39, 0.29) is 18.1 Å². The Kier molecular flexibility index (Phi) is 4.68. The van der Waals surface area contributed by atoms with E-state index in [9.17, 15) is 9.59 Å². The van der Waals surface area contributed by atoms with Crippen molar-refractivity contribution >= 4 is 23.9 Å². The maximum Gasteiger partial charge on any atom is 0.329 e. The van der Waals surface area contributed by atoms with Crippen LogP contribution in [0, 0.1) is 6.92 Å². The van der Waals surface area contributed by atoms with E-state index >= 15 is 0 Å². The number of imide groups is 1. The van der Waals surface area contributed by atoms with Crippen LogP contribution in [0.2, 0.25) is 0 Å². The highest BCUT2D eigenvalue weighted by atomic mass is 16.5. The summed E-state index contributed by atoms with van der Waals surface area (Å²) in [7, 11) is 0. The number of furan rings is 1. The van der Waals surface area contributed by atoms with Crippen LogP contribution < -0.4 is 10.2 Å². The minimum absolute atomic E-state index is 0.218. The highest BCUT2D eigenvalue weighted by molar-refractivity contribution is 6.13. The molecule has 3 amide bonds. The average Bonchev–Trinajstić information content (AvgIpc) is 3.23. The van der Waals surface area contributed by atoms with Gasteiger partial charge in [-0.15, -0.1) is 0 Å². The lowest BCUT2D eigenvalue weighted by Gasteiger charge is -2.26. The highest BCUT2D eigenvalue weighted by Gasteiger charge is 2.33. The molecular formula is C20H21N3O4. The smallest absolute Gasteiger partial charge is 0.329 e. The number of carbonyl (C=O) groups is 2. The summed E-state index contributed by atoms with van der Waals surface area (Å²) < 4.78 is 11.1. The number of aryl methyl sites for hydroxylation is 1. The quantitative estimate of drug-likeness (QED) is 0.664. The second-order valence-electron chi connectivity index (χ2n) is 6.64. The van der Waals surface area contributed by atoms with Gasteiger partial charge in [-0.25, -0.2) is 4.79 Å². The van der Waals surface area contributed by atoms with Gasteiger partial charge in [-0.3, -0.25) is 9.69 Å². The molecular weight excluding hydrogens is 346 g/mol. The zero-order valence-electron chi connectivity index (χ0n) is 15.1. The molecule has 140 valence electrons. The summed E-state index contributed by atoms with van der Waals surface area (Å²) in [6.07, 6.45) is 1.57. The van der Waals surface area contributed by atoms with Gasteiger partial charge in [0.25, 0.3) is 5.91 Å². The molecule has 4 rings (SSSR count). The van der Waals surface area contributed by atoms with Gasteiger partial charge in [0, 0.05) is 25.2 Å². The molecule has 2 saturated heterocycles. The minimum Gasteiger partial charge on any atom is -0.441 e. The van der Waals surface area contributed by atoms with Crippen molar-refractivity contribution < 1.29 is 18.7 Å². The Morgan fingerprint density at radius 1 is 1.15 bits per heavy atom. The van der Waals surface area contributed by atoms with Crippen LogP contribution >= 0.6 is 0 Å². The van der Waals surface area contributed by atoms with Crippen molar-refractivity contribution in [2.45, 2.75) is 13.5 Å². The van der Waals surface area contributed by atoms with E-state index in [1.165, 1.54) is 4.90 Å². The maximum absolute atomic E-state index is 12.6. The molecule has 1 N–H and O–H groups in total. The van der Waals surface area contributed by atoms with Crippen LogP contribution in [0.5, 0.6) is 0 Å². The molecule has 1 aromatic heterocycles. The minimum atomic E-state index is -0.423. The fourth-order valence-corrected chi connectivity index (χ4v) is 3.22. The van der Waals surface area contributed by atoms with Gasteiger partial charge in [-0.05, 0) is 18.6 Å². The lowest BCUT2D eigenvalue weighted by Crippen LogP contribution is -2.35. The van der Waals surface area contributed by atoms with Gasteiger partial charge < -0.3 is 19.4 Å². The van der Waals surface area contributed by atoms with Crippen molar-refractivity contribution in [3.8, 4) is 0 Å². The summed E-state index contributed by atoms with van der Waals surface area (Å²) in [5.41, 5.74) is 2.21. The summed E-state index contributed by atoms with van der Waals surface area (Å²) in [5.74, 6) is 0.905. The molecule has 0 saturated carbocycles. The molecule has 0 atom stereocenters. The molecule has 1 aromatic carbocycles. The van der Waals surface area contributed by atoms with Gasteiger partial charge in [0.05, 0.1) is 19.8 Å². The molecule has 7 nitrogen and oxygen atoms in total. The number of nitrogens with zero attached hydrogens (tertiary/aromatic N) is 2. The SMILES string of the molecule is Cc1cccc(CN2C(=O)N/C(=C/c3ccc(N4CCOCC4)o3)C2=O)c1. The van der Waals surface area contributed by atoms with Crippen LogP contribution in [0.1, 0.15) is 16.9 Å². The number of carbonyl (C=O) groups excluding carboxylic acids is 2. The molecule has 2 aromatic rings. The van der Waals surface area contributed by atoms with Crippen molar-refractivity contribution in [2.24, 2.45) is 0 Å². The Bertz CT molecular complexity index is 896. The van der Waals surface area contributed by atoms with Crippen molar-refractivity contribution in [3.63, 3.8) is 0 Å². The number of hydrogen-bond donors (Lipinski definition) is 1. The topological polar surface area (TPSA) is 75.0 Å². The van der Waals surface area contributed by atoms with Crippen LogP contribution in [0.3, 0.4) is 0 Å². The third-order valence-corrected chi connectivity index (χ3v) is 4.61. The number of morpholine rings is 1. The Hall–Kier alpha value is -3.06. The van der Waals surface area contributed by atoms with Crippen LogP contribution in [0.15, 0.2) is 46.5 Å². The molecule has 0 bridgehead atoms. The fraction of sp³-hybridized carbons (Fsp3) is 0.300. The molecule has 0 radical (unpaired) electrons. The molecule has 0 spiro atoms. The third-order valence-electron chi connectivity index (χ3n) is 4.61. The summed E-state index contributed by atoms with van der Waals surface area (Å²) in [5, 5.41) is 2.63. The number of urea groups is 1. The Balaban J connectivity index is 1.48. The largest absolute Gasteiger partial charge is 0.441 e. The van der Waals surface area contributed by atoms with Crippen molar-refractivity contribution in [2.75, 3.05) is 31.2 Å². The average molecular weight is 367 g/mol. The van der Waals surface area contributed by atoms with E-state index in [0.29, 0.717) is 19.0 Å². The Labute approximate surface area is 157 Å². The Morgan fingerprint density at radius 2 is 1.96 bits per heavy atom. The van der Waals surface area contributed by atoms with Crippen molar-refractivity contribution in [1.82, 2.24) is 10.2 Å². The van der Waals surface area contributed by atoms with E-state index in [2.05, 4.69) is 10.2 Å². The third kappa shape index (κ3) is 3.73. The number of nitrogens with one attached hydrogen (secondary N) is 1. The van der Waals surface area contributed by atoms with Crippen LogP contribution in [-0.2, 0) is 16.1 Å². The van der Waals surface area contributed by atoms with E-state index in [1.807, 2.05) is 37.3 Å². The summed E-state index contributed by atoms with van der Waals surface area (Å²) in [6, 6.07) is 11.0. The monoisotopic (exact) mass is 367 g/mol. The molecule has 2 aliphatic rings. The first-order valence-electron chi connectivity index (χ1n) is 8.93. The number of rotatable bonds is 4. The molecule has 0 unspecified atom stereocenters. The molecule has 3 heterocycles. The molecule has 27 heavy (non-hydrogen) atoms. The normalized spacial score (nSPS) is 19.1. The Morgan fingerprint density at radius 3 is 2.74 bits per heavy atom. The zero-order valence-corrected chi connectivity index (χ0v) is 15.1. The van der Waals surface area contributed by atoms with E-state index in [4.69, 9.17) is 9.15 Å². The standard InChI is InChI=1S/C20H21N3O4/c1-14-3-2-4-15(11-14)13-23-19(24)17(21-20(23)25)12-16-5-6-18(27-16)22-7-9-26-10-8-22/h2-6,11-12H,7-10,13H2,1H3,(H,21,25)/b17-12+. The lowest BCUT2D eigenvalue weighted by molar-refractivity contribution is -0.123. The van der Waals surface area contributed by atoms with E-state index < -0.39 is 6.03 Å². The van der Waals surface area contributed by atoms with Crippen LogP contribution in [0.4, 0.5) is 10.7 Å². The van der Waals surface area contributed by atoms with Crippen LogP contribution in [-0.4, -0.2) is 43.1 Å². The summed E-state index contributed by atoms with van der Waals surface area (Å²) >= 11 is 0. The van der Waals surface area contributed by atoms with E-state index in [0.717, 1.165) is 30.1 Å². The first kappa shape index (κ1) is 17.4. The number of anilines is 1. The maximum atomic E-state index is 12.6. The highest BCUT2D eigenvalue weighted by Crippen LogP contribution is 2.23. The first-order valence-corrected chi connectivity index (χ1v) is 8.93. The van der Waals surface area contributed by atoms with Gasteiger partial charge in [0.15, 0.2) is 5.88 Å². The molecule has 2 fully saturated rings. The molecule has 0 aliphatic carbocycles. The summed E-state index contributed by atoms with van der Waals surface area (Å²) in [6.45, 7) is 5.08. The van der Waals surface area contributed by atoms with Crippen molar-refractivity contribution in [3.05, 3.63) is 59.0 Å². The van der Waals surface area contributed by atoms with Gasteiger partial charge in [-0.1, -0.05) is 29.8 Å². The first-order chi connectivity index (χ1) is 13.1. The van der Waals surface area contributed by atoms with Gasteiger partial charge in [0.2, 0.25) is 0 Å². The second kappa shape index (κ2) is 7.28. The predicted molar refractivity (Wildman–Crippen MR) is 100.0 cm³/mol. The zero-order chi connectivity index (χ0) is 18.8. The second-order valence-corrected chi connectivity index (χ2v) is 6.64. The van der Waals surface area contributed by atoms with Crippen molar-refractivity contribution in [1.29, 1.82) is 0 Å². The number of amides is 3. The van der Waals surface area contributed by atoms with Gasteiger partial charge in [0.1, 0.15) is 11.5 Å². The molecule has 2 aliphatic heterocycles. The fourth-order valence-electron chi connectivity index (χ4n) is 3.22. The number of benzene rings is 1. The van der Waals surface area contributed by atoms with Gasteiger partial charge in [-0.2, -0.15) is 0 Å². The van der Waals surface area contributed by atoms with Gasteiger partial charge >= 0.3 is 6.03 Å². The predicted octanol–water partition coefficient (Wildman–Crippen LogP) is 2.52. The van der Waals surface area contributed by atoms with Crippen LogP contribution in [0.25, 0.3) is 6.08 Å². The molecule has 7 heteroatoms.